The normalized spacial score (nSPS) is 12.2. The predicted octanol–water partition coefficient (Wildman–Crippen LogP) is 3.44. The largest absolute Gasteiger partial charge is 0.492 e. The molecule has 0 unspecified atom stereocenters. The van der Waals surface area contributed by atoms with Gasteiger partial charge in [-0.25, -0.2) is 18.1 Å². The van der Waals surface area contributed by atoms with Gasteiger partial charge in [-0.05, 0) is 59.6 Å². The molecule has 176 valence electrons. The second-order valence-corrected chi connectivity index (χ2v) is 9.87. The van der Waals surface area contributed by atoms with Crippen molar-refractivity contribution in [1.82, 2.24) is 14.7 Å². The molecule has 0 spiro atoms. The lowest BCUT2D eigenvalue weighted by molar-refractivity contribution is 0.281. The number of nitrogens with one attached hydrogen (secondary N) is 3. The highest BCUT2D eigenvalue weighted by molar-refractivity contribution is 9.10. The van der Waals surface area contributed by atoms with Gasteiger partial charge in [0, 0.05) is 24.5 Å². The van der Waals surface area contributed by atoms with Crippen LogP contribution in [-0.4, -0.2) is 49.3 Å². The number of hydrogen-bond acceptors (Lipinski definition) is 8. The molecule has 0 saturated heterocycles. The number of rotatable bonds is 11. The Morgan fingerprint density at radius 2 is 1.94 bits per heavy atom. The van der Waals surface area contributed by atoms with E-state index in [1.807, 2.05) is 37.3 Å². The van der Waals surface area contributed by atoms with E-state index in [0.29, 0.717) is 27.3 Å². The molecule has 0 aliphatic rings. The minimum atomic E-state index is -3.75. The summed E-state index contributed by atoms with van der Waals surface area (Å²) in [6.07, 6.45) is 1.57. The zero-order valence-electron chi connectivity index (χ0n) is 18.2. The monoisotopic (exact) mass is 535 g/mol. The zero-order valence-corrected chi connectivity index (χ0v) is 20.6. The lowest BCUT2D eigenvalue weighted by Gasteiger charge is -2.15. The number of para-hydroxylation sites is 1. The highest BCUT2D eigenvalue weighted by atomic mass is 79.9. The first kappa shape index (κ1) is 24.9. The summed E-state index contributed by atoms with van der Waals surface area (Å²) in [7, 11) is -3.75. The van der Waals surface area contributed by atoms with Crippen molar-refractivity contribution >= 4 is 43.4 Å². The Morgan fingerprint density at radius 3 is 2.67 bits per heavy atom. The molecule has 0 aliphatic carbocycles. The van der Waals surface area contributed by atoms with Gasteiger partial charge in [-0.15, -0.1) is 0 Å². The molecule has 0 amide bonds. The van der Waals surface area contributed by atoms with Gasteiger partial charge >= 0.3 is 0 Å². The SMILES string of the molecule is Cc1ccc(Nc2ncc(Br)c(N[C@H](C)CO)n2)cc1S(=O)(=O)NCCOc1ccccc1. The molecule has 1 heterocycles. The summed E-state index contributed by atoms with van der Waals surface area (Å²) < 4.78 is 34.5. The van der Waals surface area contributed by atoms with Gasteiger partial charge in [-0.1, -0.05) is 24.3 Å². The lowest BCUT2D eigenvalue weighted by Crippen LogP contribution is -2.28. The molecule has 1 aromatic heterocycles. The van der Waals surface area contributed by atoms with E-state index in [-0.39, 0.29) is 36.6 Å². The summed E-state index contributed by atoms with van der Waals surface area (Å²) in [5.74, 6) is 1.46. The fraction of sp³-hybridized carbons (Fsp3) is 0.273. The molecule has 2 aromatic carbocycles. The van der Waals surface area contributed by atoms with Crippen molar-refractivity contribution in [3.8, 4) is 5.75 Å². The molecule has 0 saturated carbocycles. The minimum Gasteiger partial charge on any atom is -0.492 e. The lowest BCUT2D eigenvalue weighted by atomic mass is 10.2. The summed E-state index contributed by atoms with van der Waals surface area (Å²) in [6.45, 7) is 3.82. The number of ether oxygens (including phenoxy) is 1. The van der Waals surface area contributed by atoms with E-state index in [0.717, 1.165) is 0 Å². The summed E-state index contributed by atoms with van der Waals surface area (Å²) in [5, 5.41) is 15.3. The van der Waals surface area contributed by atoms with Crippen molar-refractivity contribution in [2.75, 3.05) is 30.4 Å². The Balaban J connectivity index is 1.69. The maximum atomic E-state index is 12.9. The van der Waals surface area contributed by atoms with Crippen molar-refractivity contribution in [1.29, 1.82) is 0 Å². The van der Waals surface area contributed by atoms with Gasteiger partial charge in [0.15, 0.2) is 0 Å². The summed E-state index contributed by atoms with van der Waals surface area (Å²) in [5.41, 5.74) is 1.12. The Morgan fingerprint density at radius 1 is 1.18 bits per heavy atom. The van der Waals surface area contributed by atoms with Gasteiger partial charge in [-0.2, -0.15) is 4.98 Å². The number of sulfonamides is 1. The van der Waals surface area contributed by atoms with Gasteiger partial charge < -0.3 is 20.5 Å². The van der Waals surface area contributed by atoms with Crippen molar-refractivity contribution in [3.63, 3.8) is 0 Å². The quantitative estimate of drug-likeness (QED) is 0.275. The van der Waals surface area contributed by atoms with Crippen molar-refractivity contribution in [2.45, 2.75) is 24.8 Å². The Bertz CT molecular complexity index is 1180. The number of nitrogens with zero attached hydrogens (tertiary/aromatic N) is 2. The first-order chi connectivity index (χ1) is 15.8. The van der Waals surface area contributed by atoms with E-state index >= 15 is 0 Å². The topological polar surface area (TPSA) is 125 Å². The molecule has 4 N–H and O–H groups in total. The van der Waals surface area contributed by atoms with Crippen molar-refractivity contribution < 1.29 is 18.3 Å². The Labute approximate surface area is 201 Å². The van der Waals surface area contributed by atoms with Crippen LogP contribution in [0.5, 0.6) is 5.75 Å². The van der Waals surface area contributed by atoms with E-state index in [1.165, 1.54) is 6.07 Å². The van der Waals surface area contributed by atoms with Gasteiger partial charge in [0.05, 0.1) is 16.0 Å². The molecule has 9 nitrogen and oxygen atoms in total. The zero-order chi connectivity index (χ0) is 23.8. The van der Waals surface area contributed by atoms with Crippen molar-refractivity contribution in [2.24, 2.45) is 0 Å². The average Bonchev–Trinajstić information content (AvgIpc) is 2.80. The van der Waals surface area contributed by atoms with Crippen LogP contribution in [0.1, 0.15) is 12.5 Å². The molecule has 1 atom stereocenters. The van der Waals surface area contributed by atoms with Crippen LogP contribution in [0, 0.1) is 6.92 Å². The van der Waals surface area contributed by atoms with Gasteiger partial charge in [0.25, 0.3) is 0 Å². The fourth-order valence-electron chi connectivity index (χ4n) is 2.84. The van der Waals surface area contributed by atoms with Crippen LogP contribution in [0.3, 0.4) is 0 Å². The molecule has 3 rings (SSSR count). The number of aliphatic hydroxyl groups excluding tert-OH is 1. The number of aliphatic hydroxyl groups is 1. The van der Waals surface area contributed by atoms with Gasteiger partial charge in [0.2, 0.25) is 16.0 Å². The maximum absolute atomic E-state index is 12.9. The van der Waals surface area contributed by atoms with Gasteiger partial charge in [0.1, 0.15) is 18.2 Å². The number of hydrogen-bond donors (Lipinski definition) is 4. The highest BCUT2D eigenvalue weighted by Crippen LogP contribution is 2.25. The van der Waals surface area contributed by atoms with Crippen LogP contribution in [0.25, 0.3) is 0 Å². The van der Waals surface area contributed by atoms with E-state index in [2.05, 4.69) is 41.3 Å². The van der Waals surface area contributed by atoms with Crippen LogP contribution < -0.4 is 20.1 Å². The summed E-state index contributed by atoms with van der Waals surface area (Å²) in [6, 6.07) is 14.0. The third-order valence-corrected chi connectivity index (χ3v) is 6.72. The van der Waals surface area contributed by atoms with E-state index < -0.39 is 10.0 Å². The number of benzene rings is 2. The second kappa shape index (κ2) is 11.4. The fourth-order valence-corrected chi connectivity index (χ4v) is 4.43. The number of halogens is 1. The maximum Gasteiger partial charge on any atom is 0.241 e. The van der Waals surface area contributed by atoms with E-state index in [4.69, 9.17) is 4.74 Å². The van der Waals surface area contributed by atoms with Crippen molar-refractivity contribution in [3.05, 3.63) is 64.8 Å². The molecular weight excluding hydrogens is 510 g/mol. The molecular formula is C22H26BrN5O4S. The minimum absolute atomic E-state index is 0.0538. The molecule has 11 heteroatoms. The standard InChI is InChI=1S/C22H26BrN5O4S/c1-15-8-9-17(27-22-24-13-19(23)21(28-22)26-16(2)14-29)12-20(15)33(30,31)25-10-11-32-18-6-4-3-5-7-18/h3-9,12-13,16,25,29H,10-11,14H2,1-2H3,(H2,24,26,27,28)/t16-/m1/s1. The van der Waals surface area contributed by atoms with Gasteiger partial charge in [-0.3, -0.25) is 0 Å². The Hall–Kier alpha value is -2.73. The summed E-state index contributed by atoms with van der Waals surface area (Å²) in [4.78, 5) is 8.75. The first-order valence-corrected chi connectivity index (χ1v) is 12.5. The first-order valence-electron chi connectivity index (χ1n) is 10.2. The Kier molecular flexibility index (Phi) is 8.61. The number of anilines is 3. The average molecular weight is 536 g/mol. The molecule has 0 radical (unpaired) electrons. The third kappa shape index (κ3) is 7.13. The predicted molar refractivity (Wildman–Crippen MR) is 131 cm³/mol. The molecule has 33 heavy (non-hydrogen) atoms. The van der Waals surface area contributed by atoms with E-state index in [9.17, 15) is 13.5 Å². The highest BCUT2D eigenvalue weighted by Gasteiger charge is 2.18. The van der Waals surface area contributed by atoms with Crippen LogP contribution in [-0.2, 0) is 10.0 Å². The summed E-state index contributed by atoms with van der Waals surface area (Å²) >= 11 is 3.37. The van der Waals surface area contributed by atoms with Crippen LogP contribution >= 0.6 is 15.9 Å². The van der Waals surface area contributed by atoms with E-state index in [1.54, 1.807) is 25.3 Å². The second-order valence-electron chi connectivity index (χ2n) is 7.28. The third-order valence-electron chi connectivity index (χ3n) is 4.54. The molecule has 0 aliphatic heterocycles. The molecule has 0 bridgehead atoms. The van der Waals surface area contributed by atoms with Crippen LogP contribution in [0.15, 0.2) is 64.1 Å². The number of aryl methyl sites for hydroxylation is 1. The smallest absolute Gasteiger partial charge is 0.241 e. The number of aromatic nitrogens is 2. The molecule has 3 aromatic rings. The van der Waals surface area contributed by atoms with Crippen LogP contribution in [0.4, 0.5) is 17.5 Å². The molecule has 0 fully saturated rings. The van der Waals surface area contributed by atoms with Crippen LogP contribution in [0.2, 0.25) is 0 Å².